The third-order valence-electron chi connectivity index (χ3n) is 3.52. The number of nitrogens with zero attached hydrogens (tertiary/aromatic N) is 1. The Morgan fingerprint density at radius 1 is 1.33 bits per heavy atom. The van der Waals surface area contributed by atoms with E-state index in [-0.39, 0.29) is 12.5 Å². The summed E-state index contributed by atoms with van der Waals surface area (Å²) >= 11 is 0. The highest BCUT2D eigenvalue weighted by Crippen LogP contribution is 2.17. The van der Waals surface area contributed by atoms with Crippen molar-refractivity contribution in [3.63, 3.8) is 0 Å². The van der Waals surface area contributed by atoms with Crippen LogP contribution in [0, 0.1) is 0 Å². The summed E-state index contributed by atoms with van der Waals surface area (Å²) in [5, 5.41) is 3.07. The van der Waals surface area contributed by atoms with Gasteiger partial charge in [-0.2, -0.15) is 0 Å². The highest BCUT2D eigenvalue weighted by molar-refractivity contribution is 5.78. The van der Waals surface area contributed by atoms with Crippen molar-refractivity contribution in [1.29, 1.82) is 0 Å². The molecule has 0 aromatic carbocycles. The molecule has 0 radical (unpaired) electrons. The van der Waals surface area contributed by atoms with Gasteiger partial charge in [-0.15, -0.1) is 0 Å². The minimum absolute atomic E-state index is 0.00111. The van der Waals surface area contributed by atoms with Gasteiger partial charge in [-0.3, -0.25) is 9.59 Å². The van der Waals surface area contributed by atoms with Crippen LogP contribution in [0.25, 0.3) is 0 Å². The van der Waals surface area contributed by atoms with E-state index in [9.17, 15) is 9.59 Å². The zero-order valence-corrected chi connectivity index (χ0v) is 10.6. The number of aldehydes is 1. The molecule has 1 aromatic heterocycles. The van der Waals surface area contributed by atoms with Gasteiger partial charge >= 0.3 is 0 Å². The van der Waals surface area contributed by atoms with Crippen molar-refractivity contribution >= 4 is 12.2 Å². The van der Waals surface area contributed by atoms with E-state index >= 15 is 0 Å². The first-order valence-electron chi connectivity index (χ1n) is 6.69. The molecule has 0 aliphatic heterocycles. The molecule has 4 heteroatoms. The molecule has 1 saturated carbocycles. The second-order valence-electron chi connectivity index (χ2n) is 4.93. The van der Waals surface area contributed by atoms with Crippen LogP contribution in [0.2, 0.25) is 0 Å². The van der Waals surface area contributed by atoms with E-state index in [1.54, 1.807) is 22.9 Å². The highest BCUT2D eigenvalue weighted by atomic mass is 16.2. The summed E-state index contributed by atoms with van der Waals surface area (Å²) in [4.78, 5) is 22.7. The van der Waals surface area contributed by atoms with E-state index in [0.717, 1.165) is 19.1 Å². The number of carbonyl (C=O) groups is 2. The van der Waals surface area contributed by atoms with E-state index < -0.39 is 0 Å². The quantitative estimate of drug-likeness (QED) is 0.655. The Morgan fingerprint density at radius 2 is 2.06 bits per heavy atom. The fourth-order valence-electron chi connectivity index (χ4n) is 2.53. The van der Waals surface area contributed by atoms with Crippen LogP contribution in [-0.4, -0.2) is 22.8 Å². The molecule has 1 fully saturated rings. The van der Waals surface area contributed by atoms with Crippen LogP contribution in [0.4, 0.5) is 0 Å². The summed E-state index contributed by atoms with van der Waals surface area (Å²) in [5.41, 5.74) is 0.547. The SMILES string of the molecule is O=Cc1cccn1CC(=O)NC1CCCCCC1. The van der Waals surface area contributed by atoms with Crippen molar-refractivity contribution in [3.8, 4) is 0 Å². The summed E-state index contributed by atoms with van der Waals surface area (Å²) in [7, 11) is 0. The largest absolute Gasteiger partial charge is 0.352 e. The van der Waals surface area contributed by atoms with Crippen LogP contribution >= 0.6 is 0 Å². The molecule has 1 amide bonds. The zero-order chi connectivity index (χ0) is 12.8. The molecule has 0 atom stereocenters. The lowest BCUT2D eigenvalue weighted by molar-refractivity contribution is -0.122. The average molecular weight is 248 g/mol. The third-order valence-corrected chi connectivity index (χ3v) is 3.52. The van der Waals surface area contributed by atoms with Gasteiger partial charge in [0, 0.05) is 12.2 Å². The maximum atomic E-state index is 11.9. The molecular weight excluding hydrogens is 228 g/mol. The number of hydrogen-bond donors (Lipinski definition) is 1. The second-order valence-corrected chi connectivity index (χ2v) is 4.93. The summed E-state index contributed by atoms with van der Waals surface area (Å²) < 4.78 is 1.68. The Bertz CT molecular complexity index is 404. The fourth-order valence-corrected chi connectivity index (χ4v) is 2.53. The van der Waals surface area contributed by atoms with Crippen LogP contribution in [0.1, 0.15) is 49.0 Å². The summed E-state index contributed by atoms with van der Waals surface area (Å²) in [6.45, 7) is 0.234. The normalized spacial score (nSPS) is 17.1. The van der Waals surface area contributed by atoms with Gasteiger partial charge in [-0.1, -0.05) is 25.7 Å². The zero-order valence-electron chi connectivity index (χ0n) is 10.6. The molecule has 0 spiro atoms. The highest BCUT2D eigenvalue weighted by Gasteiger charge is 2.15. The van der Waals surface area contributed by atoms with E-state index in [0.29, 0.717) is 11.7 Å². The average Bonchev–Trinajstić information content (AvgIpc) is 2.64. The van der Waals surface area contributed by atoms with Crippen LogP contribution in [0.5, 0.6) is 0 Å². The van der Waals surface area contributed by atoms with Gasteiger partial charge in [0.25, 0.3) is 0 Å². The molecule has 2 rings (SSSR count). The van der Waals surface area contributed by atoms with Gasteiger partial charge in [0.15, 0.2) is 6.29 Å². The van der Waals surface area contributed by atoms with Crippen LogP contribution in [-0.2, 0) is 11.3 Å². The van der Waals surface area contributed by atoms with Crippen molar-refractivity contribution in [2.24, 2.45) is 0 Å². The fraction of sp³-hybridized carbons (Fsp3) is 0.571. The number of aromatic nitrogens is 1. The van der Waals surface area contributed by atoms with Crippen LogP contribution in [0.3, 0.4) is 0 Å². The van der Waals surface area contributed by atoms with Gasteiger partial charge < -0.3 is 9.88 Å². The van der Waals surface area contributed by atoms with Crippen molar-refractivity contribution < 1.29 is 9.59 Å². The first kappa shape index (κ1) is 12.9. The van der Waals surface area contributed by atoms with Crippen molar-refractivity contribution in [3.05, 3.63) is 24.0 Å². The Hall–Kier alpha value is -1.58. The van der Waals surface area contributed by atoms with E-state index in [4.69, 9.17) is 0 Å². The molecule has 98 valence electrons. The molecular formula is C14H20N2O2. The minimum atomic E-state index is 0.00111. The lowest BCUT2D eigenvalue weighted by atomic mass is 10.1. The summed E-state index contributed by atoms with van der Waals surface area (Å²) in [5.74, 6) is 0.00111. The predicted octanol–water partition coefficient (Wildman–Crippen LogP) is 2.14. The van der Waals surface area contributed by atoms with E-state index in [1.165, 1.54) is 25.7 Å². The number of amides is 1. The monoisotopic (exact) mass is 248 g/mol. The Balaban J connectivity index is 1.86. The van der Waals surface area contributed by atoms with Crippen LogP contribution in [0.15, 0.2) is 18.3 Å². The molecule has 1 N–H and O–H groups in total. The molecule has 1 aliphatic carbocycles. The molecule has 0 saturated heterocycles. The molecule has 0 bridgehead atoms. The Labute approximate surface area is 107 Å². The maximum Gasteiger partial charge on any atom is 0.240 e. The minimum Gasteiger partial charge on any atom is -0.352 e. The van der Waals surface area contributed by atoms with Gasteiger partial charge in [0.2, 0.25) is 5.91 Å². The first-order chi connectivity index (χ1) is 8.79. The standard InChI is InChI=1S/C14H20N2O2/c17-11-13-8-5-9-16(13)10-14(18)15-12-6-3-1-2-4-7-12/h5,8-9,11-12H,1-4,6-7,10H2,(H,15,18). The lowest BCUT2D eigenvalue weighted by Crippen LogP contribution is -2.36. The van der Waals surface area contributed by atoms with Gasteiger partial charge in [-0.05, 0) is 25.0 Å². The maximum absolute atomic E-state index is 11.9. The molecule has 4 nitrogen and oxygen atoms in total. The molecule has 0 unspecified atom stereocenters. The predicted molar refractivity (Wildman–Crippen MR) is 69.5 cm³/mol. The molecule has 18 heavy (non-hydrogen) atoms. The van der Waals surface area contributed by atoms with Gasteiger partial charge in [-0.25, -0.2) is 0 Å². The van der Waals surface area contributed by atoms with E-state index in [1.807, 2.05) is 0 Å². The number of carbonyl (C=O) groups excluding carboxylic acids is 2. The van der Waals surface area contributed by atoms with Crippen molar-refractivity contribution in [2.45, 2.75) is 51.1 Å². The Morgan fingerprint density at radius 3 is 2.72 bits per heavy atom. The summed E-state index contributed by atoms with van der Waals surface area (Å²) in [6, 6.07) is 3.81. The van der Waals surface area contributed by atoms with Gasteiger partial charge in [0.1, 0.15) is 6.54 Å². The molecule has 1 aliphatic rings. The van der Waals surface area contributed by atoms with Crippen LogP contribution < -0.4 is 5.32 Å². The molecule has 1 heterocycles. The summed E-state index contributed by atoms with van der Waals surface area (Å²) in [6.07, 6.45) is 9.66. The number of hydrogen-bond acceptors (Lipinski definition) is 2. The topological polar surface area (TPSA) is 51.1 Å². The van der Waals surface area contributed by atoms with E-state index in [2.05, 4.69) is 5.32 Å². The molecule has 1 aromatic rings. The number of rotatable bonds is 4. The Kier molecular flexibility index (Phi) is 4.56. The third kappa shape index (κ3) is 3.45. The van der Waals surface area contributed by atoms with Crippen molar-refractivity contribution in [2.75, 3.05) is 0 Å². The number of nitrogens with one attached hydrogen (secondary N) is 1. The first-order valence-corrected chi connectivity index (χ1v) is 6.69. The second kappa shape index (κ2) is 6.38. The van der Waals surface area contributed by atoms with Crippen molar-refractivity contribution in [1.82, 2.24) is 9.88 Å². The lowest BCUT2D eigenvalue weighted by Gasteiger charge is -2.16. The smallest absolute Gasteiger partial charge is 0.240 e. The van der Waals surface area contributed by atoms with Gasteiger partial charge in [0.05, 0.1) is 5.69 Å².